The molecule has 0 heterocycles. The maximum atomic E-state index is 12.0. The van der Waals surface area contributed by atoms with Crippen molar-refractivity contribution in [3.05, 3.63) is 34.9 Å². The summed E-state index contributed by atoms with van der Waals surface area (Å²) in [5.74, 6) is -0.784. The number of benzene rings is 1. The fourth-order valence-corrected chi connectivity index (χ4v) is 3.54. The van der Waals surface area contributed by atoms with Gasteiger partial charge in [-0.25, -0.2) is 8.42 Å². The molecule has 3 nitrogen and oxygen atoms in total. The molecule has 0 aromatic heterocycles. The Balaban J connectivity index is 2.82. The molecule has 1 aromatic carbocycles. The predicted molar refractivity (Wildman–Crippen MR) is 77.9 cm³/mol. The Morgan fingerprint density at radius 3 is 2.16 bits per heavy atom. The summed E-state index contributed by atoms with van der Waals surface area (Å²) < 4.78 is 24.1. The molecule has 0 spiro atoms. The van der Waals surface area contributed by atoms with Crippen LogP contribution in [0.1, 0.15) is 37.0 Å². The van der Waals surface area contributed by atoms with Crippen LogP contribution in [-0.4, -0.2) is 20.0 Å². The number of hydrogen-bond donors (Lipinski definition) is 0. The molecule has 1 atom stereocenters. The van der Waals surface area contributed by atoms with Crippen LogP contribution < -0.4 is 0 Å². The van der Waals surface area contributed by atoms with Crippen molar-refractivity contribution in [3.8, 4) is 0 Å². The van der Waals surface area contributed by atoms with Gasteiger partial charge in [0.1, 0.15) is 5.75 Å². The van der Waals surface area contributed by atoms with Gasteiger partial charge < -0.3 is 0 Å². The quantitative estimate of drug-likeness (QED) is 0.806. The van der Waals surface area contributed by atoms with E-state index in [1.54, 1.807) is 6.92 Å². The Bertz CT molecular complexity index is 539. The Kier molecular flexibility index (Phi) is 5.29. The highest BCUT2D eigenvalue weighted by Gasteiger charge is 2.21. The fourth-order valence-electron chi connectivity index (χ4n) is 2.04. The normalized spacial score (nSPS) is 13.3. The van der Waals surface area contributed by atoms with Gasteiger partial charge >= 0.3 is 0 Å². The van der Waals surface area contributed by atoms with E-state index in [1.165, 1.54) is 0 Å². The first-order valence-corrected chi connectivity index (χ1v) is 8.36. The SMILES string of the molecule is CCC(C)C(=O)CS(=O)(=O)Cc1cc(C)cc(C)c1. The summed E-state index contributed by atoms with van der Waals surface area (Å²) in [6, 6.07) is 5.72. The van der Waals surface area contributed by atoms with E-state index in [1.807, 2.05) is 39.0 Å². The molecule has 0 amide bonds. The molecule has 1 rings (SSSR count). The molecule has 106 valence electrons. The first kappa shape index (κ1) is 15.9. The Hall–Kier alpha value is -1.16. The maximum Gasteiger partial charge on any atom is 0.161 e. The zero-order chi connectivity index (χ0) is 14.6. The van der Waals surface area contributed by atoms with Crippen LogP contribution in [0.5, 0.6) is 0 Å². The van der Waals surface area contributed by atoms with E-state index < -0.39 is 9.84 Å². The molecule has 0 radical (unpaired) electrons. The summed E-state index contributed by atoms with van der Waals surface area (Å²) in [7, 11) is -3.37. The lowest BCUT2D eigenvalue weighted by Crippen LogP contribution is -2.22. The van der Waals surface area contributed by atoms with Gasteiger partial charge in [-0.2, -0.15) is 0 Å². The lowest BCUT2D eigenvalue weighted by molar-refractivity contribution is -0.119. The highest BCUT2D eigenvalue weighted by Crippen LogP contribution is 2.14. The van der Waals surface area contributed by atoms with E-state index >= 15 is 0 Å². The average Bonchev–Trinajstić information content (AvgIpc) is 2.24. The minimum absolute atomic E-state index is 0.0578. The number of ketones is 1. The number of sulfone groups is 1. The summed E-state index contributed by atoms with van der Waals surface area (Å²) in [4.78, 5) is 11.7. The summed E-state index contributed by atoms with van der Waals surface area (Å²) in [5, 5.41) is 0. The second kappa shape index (κ2) is 6.33. The van der Waals surface area contributed by atoms with Crippen LogP contribution in [0.3, 0.4) is 0 Å². The van der Waals surface area contributed by atoms with E-state index in [0.29, 0.717) is 6.42 Å². The minimum atomic E-state index is -3.37. The first-order chi connectivity index (χ1) is 8.73. The van der Waals surface area contributed by atoms with Crippen molar-refractivity contribution in [2.24, 2.45) is 5.92 Å². The Labute approximate surface area is 116 Å². The number of carbonyl (C=O) groups excluding carboxylic acids is 1. The van der Waals surface area contributed by atoms with Crippen molar-refractivity contribution in [3.63, 3.8) is 0 Å². The number of Topliss-reactive ketones (excluding diaryl/α,β-unsaturated/α-hetero) is 1. The summed E-state index contributed by atoms with van der Waals surface area (Å²) >= 11 is 0. The van der Waals surface area contributed by atoms with Crippen molar-refractivity contribution in [1.29, 1.82) is 0 Å². The largest absolute Gasteiger partial charge is 0.298 e. The third kappa shape index (κ3) is 5.15. The van der Waals surface area contributed by atoms with Gasteiger partial charge in [0.05, 0.1) is 5.75 Å². The number of aryl methyl sites for hydroxylation is 2. The molecular weight excluding hydrogens is 260 g/mol. The molecule has 0 aliphatic carbocycles. The zero-order valence-corrected chi connectivity index (χ0v) is 12.9. The van der Waals surface area contributed by atoms with Gasteiger partial charge in [0.15, 0.2) is 15.6 Å². The second-order valence-corrected chi connectivity index (χ2v) is 7.37. The van der Waals surface area contributed by atoms with Crippen molar-refractivity contribution in [2.45, 2.75) is 39.9 Å². The highest BCUT2D eigenvalue weighted by molar-refractivity contribution is 7.91. The van der Waals surface area contributed by atoms with E-state index in [0.717, 1.165) is 16.7 Å². The van der Waals surface area contributed by atoms with Gasteiger partial charge in [-0.1, -0.05) is 43.2 Å². The summed E-state index contributed by atoms with van der Waals surface area (Å²) in [6.45, 7) is 7.54. The van der Waals surface area contributed by atoms with Crippen LogP contribution >= 0.6 is 0 Å². The van der Waals surface area contributed by atoms with E-state index in [9.17, 15) is 13.2 Å². The van der Waals surface area contributed by atoms with Gasteiger partial charge in [-0.3, -0.25) is 4.79 Å². The zero-order valence-electron chi connectivity index (χ0n) is 12.1. The fraction of sp³-hybridized carbons (Fsp3) is 0.533. The molecule has 0 bridgehead atoms. The molecule has 1 aromatic rings. The lowest BCUT2D eigenvalue weighted by Gasteiger charge is -2.09. The van der Waals surface area contributed by atoms with Crippen molar-refractivity contribution in [1.82, 2.24) is 0 Å². The van der Waals surface area contributed by atoms with Gasteiger partial charge in [-0.05, 0) is 25.8 Å². The van der Waals surface area contributed by atoms with Gasteiger partial charge in [-0.15, -0.1) is 0 Å². The van der Waals surface area contributed by atoms with Crippen LogP contribution in [0.15, 0.2) is 18.2 Å². The Morgan fingerprint density at radius 1 is 1.16 bits per heavy atom. The number of carbonyl (C=O) groups is 1. The number of rotatable bonds is 6. The summed E-state index contributed by atoms with van der Waals surface area (Å²) in [5.41, 5.74) is 2.84. The topological polar surface area (TPSA) is 51.2 Å². The molecule has 0 aliphatic heterocycles. The third-order valence-corrected chi connectivity index (χ3v) is 4.69. The van der Waals surface area contributed by atoms with E-state index in [4.69, 9.17) is 0 Å². The molecule has 0 aliphatic rings. The monoisotopic (exact) mass is 282 g/mol. The van der Waals surface area contributed by atoms with E-state index in [-0.39, 0.29) is 23.2 Å². The first-order valence-electron chi connectivity index (χ1n) is 6.54. The lowest BCUT2D eigenvalue weighted by atomic mass is 10.1. The van der Waals surface area contributed by atoms with Crippen LogP contribution in [0.25, 0.3) is 0 Å². The number of hydrogen-bond acceptors (Lipinski definition) is 3. The molecule has 0 saturated heterocycles. The van der Waals surface area contributed by atoms with Crippen LogP contribution in [0, 0.1) is 19.8 Å². The molecule has 4 heteroatoms. The van der Waals surface area contributed by atoms with Crippen LogP contribution in [0.4, 0.5) is 0 Å². The van der Waals surface area contributed by atoms with Crippen LogP contribution in [-0.2, 0) is 20.4 Å². The molecular formula is C15H22O3S. The van der Waals surface area contributed by atoms with Crippen LogP contribution in [0.2, 0.25) is 0 Å². The highest BCUT2D eigenvalue weighted by atomic mass is 32.2. The smallest absolute Gasteiger partial charge is 0.161 e. The van der Waals surface area contributed by atoms with Crippen molar-refractivity contribution >= 4 is 15.6 Å². The van der Waals surface area contributed by atoms with Crippen molar-refractivity contribution < 1.29 is 13.2 Å². The molecule has 0 saturated carbocycles. The average molecular weight is 282 g/mol. The minimum Gasteiger partial charge on any atom is -0.298 e. The molecule has 1 unspecified atom stereocenters. The van der Waals surface area contributed by atoms with Gasteiger partial charge in [0.25, 0.3) is 0 Å². The predicted octanol–water partition coefficient (Wildman–Crippen LogP) is 2.83. The standard InChI is InChI=1S/C15H22O3S/c1-5-13(4)15(16)10-19(17,18)9-14-7-11(2)6-12(3)8-14/h6-8,13H,5,9-10H2,1-4H3. The Morgan fingerprint density at radius 2 is 1.68 bits per heavy atom. The molecule has 0 N–H and O–H groups in total. The summed E-state index contributed by atoms with van der Waals surface area (Å²) in [6.07, 6.45) is 0.678. The van der Waals surface area contributed by atoms with Gasteiger partial charge in [0, 0.05) is 5.92 Å². The maximum absolute atomic E-state index is 12.0. The van der Waals surface area contributed by atoms with E-state index in [2.05, 4.69) is 0 Å². The molecule has 19 heavy (non-hydrogen) atoms. The van der Waals surface area contributed by atoms with Gasteiger partial charge in [0.2, 0.25) is 0 Å². The second-order valence-electron chi connectivity index (χ2n) is 5.30. The van der Waals surface area contributed by atoms with Crippen molar-refractivity contribution in [2.75, 3.05) is 5.75 Å². The third-order valence-electron chi connectivity index (χ3n) is 3.19. The molecule has 0 fully saturated rings.